The first-order chi connectivity index (χ1) is 21.0. The Bertz CT molecular complexity index is 1450. The van der Waals surface area contributed by atoms with Crippen molar-refractivity contribution >= 4 is 37.0 Å². The molecule has 0 bridgehead atoms. The van der Waals surface area contributed by atoms with Gasteiger partial charge in [0.25, 0.3) is 0 Å². The fourth-order valence-corrected chi connectivity index (χ4v) is 6.05. The third-order valence-corrected chi connectivity index (χ3v) is 8.29. The van der Waals surface area contributed by atoms with Crippen molar-refractivity contribution in [1.82, 2.24) is 10.3 Å². The molecule has 2 heterocycles. The summed E-state index contributed by atoms with van der Waals surface area (Å²) < 4.78 is 7.76. The summed E-state index contributed by atoms with van der Waals surface area (Å²) in [6, 6.07) is 9.89. The standard InChI is InChI=1S/C34H38BClN4O3/c35-34(42)37-17-9-1-2-10-18-43-31-16-15-26(20-28(31)36)22-30-33(41)40-23-27(19-24-11-5-3-6-12-24)38-29(32(40)39-30)21-25-13-7-4-8-14-25/h4-5,7-8,11-14,20,23,30H,1-3,6,9-10,15-19,21-22H2,(H,37,42)/p+1. The molecule has 2 aromatic rings. The van der Waals surface area contributed by atoms with E-state index in [4.69, 9.17) is 29.2 Å². The molecular formula is C34H39BClN4O3+. The number of halogens is 1. The van der Waals surface area contributed by atoms with Crippen LogP contribution < -0.4 is 15.2 Å². The maximum Gasteiger partial charge on any atom is 0.359 e. The van der Waals surface area contributed by atoms with Gasteiger partial charge in [-0.1, -0.05) is 78.6 Å². The maximum atomic E-state index is 13.7. The third kappa shape index (κ3) is 8.70. The number of allylic oxidation sites excluding steroid dienone is 7. The predicted octanol–water partition coefficient (Wildman–Crippen LogP) is 6.23. The van der Waals surface area contributed by atoms with E-state index >= 15 is 0 Å². The highest BCUT2D eigenvalue weighted by atomic mass is 35.5. The number of amides is 1. The van der Waals surface area contributed by atoms with Gasteiger partial charge in [-0.25, -0.2) is 9.78 Å². The van der Waals surface area contributed by atoms with E-state index in [1.807, 2.05) is 30.5 Å². The minimum absolute atomic E-state index is 0.0372. The molecule has 1 aromatic carbocycles. The van der Waals surface area contributed by atoms with Crippen molar-refractivity contribution in [2.45, 2.75) is 76.7 Å². The average Bonchev–Trinajstić information content (AvgIpc) is 3.31. The summed E-state index contributed by atoms with van der Waals surface area (Å²) >= 11 is 6.62. The third-order valence-electron chi connectivity index (χ3n) is 7.97. The first kappa shape index (κ1) is 30.8. The van der Waals surface area contributed by atoms with Crippen LogP contribution in [0.4, 0.5) is 10.6 Å². The topological polar surface area (TPSA) is 84.2 Å². The zero-order chi connectivity index (χ0) is 30.0. The SMILES string of the molecule is [B]C(=O)NCCCCCCOC1=C(Cl)C=C(CC2Nc3c(Cc4ccccc4)nc(CC4=CCCC=C4)c[n+]3C2=O)CC1. The summed E-state index contributed by atoms with van der Waals surface area (Å²) in [4.78, 5) is 29.4. The van der Waals surface area contributed by atoms with Crippen LogP contribution in [0.15, 0.2) is 82.8 Å². The molecule has 0 spiro atoms. The summed E-state index contributed by atoms with van der Waals surface area (Å²) in [7, 11) is 5.08. The van der Waals surface area contributed by atoms with Gasteiger partial charge in [-0.3, -0.25) is 10.1 Å². The van der Waals surface area contributed by atoms with Gasteiger partial charge in [0.15, 0.2) is 19.7 Å². The molecule has 7 nitrogen and oxygen atoms in total. The normalized spacial score (nSPS) is 17.7. The number of rotatable bonds is 14. The molecule has 1 atom stereocenters. The van der Waals surface area contributed by atoms with Gasteiger partial charge in [0.1, 0.15) is 17.6 Å². The molecule has 9 heteroatoms. The van der Waals surface area contributed by atoms with Crippen molar-refractivity contribution in [1.29, 1.82) is 0 Å². The number of hydrogen-bond acceptors (Lipinski definition) is 5. The summed E-state index contributed by atoms with van der Waals surface area (Å²) in [5.41, 5.74) is 5.31. The van der Waals surface area contributed by atoms with Gasteiger partial charge < -0.3 is 10.1 Å². The Kier molecular flexibility index (Phi) is 10.9. The first-order valence-electron chi connectivity index (χ1n) is 15.3. The van der Waals surface area contributed by atoms with E-state index in [2.05, 4.69) is 41.0 Å². The second kappa shape index (κ2) is 15.2. The number of fused-ring (bicyclic) bond motifs is 1. The van der Waals surface area contributed by atoms with Crippen LogP contribution in [0.1, 0.15) is 79.5 Å². The Labute approximate surface area is 260 Å². The van der Waals surface area contributed by atoms with Crippen LogP contribution in [-0.4, -0.2) is 43.7 Å². The van der Waals surface area contributed by atoms with E-state index in [-0.39, 0.29) is 11.9 Å². The van der Waals surface area contributed by atoms with E-state index in [9.17, 15) is 9.59 Å². The Morgan fingerprint density at radius 1 is 1.12 bits per heavy atom. The van der Waals surface area contributed by atoms with Gasteiger partial charge in [-0.15, -0.1) is 0 Å². The number of carbonyl (C=O) groups is 2. The predicted molar refractivity (Wildman–Crippen MR) is 170 cm³/mol. The summed E-state index contributed by atoms with van der Waals surface area (Å²) in [5.74, 6) is 1.15. The number of nitrogens with zero attached hydrogens (tertiary/aromatic N) is 2. The van der Waals surface area contributed by atoms with Crippen LogP contribution >= 0.6 is 11.6 Å². The number of ether oxygens (including phenoxy) is 1. The second-order valence-corrected chi connectivity index (χ2v) is 11.8. The highest BCUT2D eigenvalue weighted by Crippen LogP contribution is 2.31. The fraction of sp³-hybridized carbons (Fsp3) is 0.412. The van der Waals surface area contributed by atoms with Gasteiger partial charge in [-0.05, 0) is 49.3 Å². The van der Waals surface area contributed by atoms with Gasteiger partial charge in [0.2, 0.25) is 0 Å². The highest BCUT2D eigenvalue weighted by molar-refractivity contribution is 6.57. The number of hydrogen-bond donors (Lipinski definition) is 2. The van der Waals surface area contributed by atoms with Crippen molar-refractivity contribution in [3.63, 3.8) is 0 Å². The van der Waals surface area contributed by atoms with E-state index < -0.39 is 5.81 Å². The zero-order valence-corrected chi connectivity index (χ0v) is 25.4. The van der Waals surface area contributed by atoms with Crippen molar-refractivity contribution < 1.29 is 18.9 Å². The molecule has 3 aliphatic rings. The molecule has 1 amide bonds. The zero-order valence-electron chi connectivity index (χ0n) is 24.6. The van der Waals surface area contributed by atoms with Crippen molar-refractivity contribution in [2.24, 2.45) is 0 Å². The van der Waals surface area contributed by atoms with Crippen LogP contribution in [0.25, 0.3) is 0 Å². The lowest BCUT2D eigenvalue weighted by molar-refractivity contribution is -0.553. The number of nitrogens with one attached hydrogen (secondary N) is 2. The minimum Gasteiger partial charge on any atom is -0.496 e. The molecule has 2 aliphatic carbocycles. The Morgan fingerprint density at radius 3 is 2.72 bits per heavy atom. The van der Waals surface area contributed by atoms with Gasteiger partial charge >= 0.3 is 11.7 Å². The number of anilines is 1. The van der Waals surface area contributed by atoms with Gasteiger partial charge in [0, 0.05) is 32.2 Å². The van der Waals surface area contributed by atoms with E-state index in [0.29, 0.717) is 37.4 Å². The van der Waals surface area contributed by atoms with Crippen LogP contribution in [0.3, 0.4) is 0 Å². The molecule has 43 heavy (non-hydrogen) atoms. The molecule has 0 saturated heterocycles. The lowest BCUT2D eigenvalue weighted by Crippen LogP contribution is -2.44. The molecule has 1 aromatic heterocycles. The summed E-state index contributed by atoms with van der Waals surface area (Å²) in [6.07, 6.45) is 19.9. The van der Waals surface area contributed by atoms with E-state index in [0.717, 1.165) is 85.5 Å². The molecule has 2 radical (unpaired) electrons. The molecule has 222 valence electrons. The number of aromatic nitrogens is 2. The highest BCUT2D eigenvalue weighted by Gasteiger charge is 2.41. The lowest BCUT2D eigenvalue weighted by atomic mass is 9.97. The van der Waals surface area contributed by atoms with Gasteiger partial charge in [-0.2, -0.15) is 4.57 Å². The Balaban J connectivity index is 1.21. The van der Waals surface area contributed by atoms with Gasteiger partial charge in [0.05, 0.1) is 17.3 Å². The first-order valence-corrected chi connectivity index (χ1v) is 15.7. The molecule has 2 N–H and O–H groups in total. The van der Waals surface area contributed by atoms with E-state index in [1.165, 1.54) is 5.57 Å². The molecular weight excluding hydrogens is 559 g/mol. The molecule has 0 saturated carbocycles. The quantitative estimate of drug-likeness (QED) is 0.153. The average molecular weight is 598 g/mol. The van der Waals surface area contributed by atoms with Crippen molar-refractivity contribution in [2.75, 3.05) is 18.5 Å². The van der Waals surface area contributed by atoms with Crippen molar-refractivity contribution in [3.8, 4) is 0 Å². The Morgan fingerprint density at radius 2 is 1.95 bits per heavy atom. The monoisotopic (exact) mass is 597 g/mol. The fourth-order valence-electron chi connectivity index (χ4n) is 5.75. The molecule has 5 rings (SSSR count). The van der Waals surface area contributed by atoms with Crippen LogP contribution in [0.5, 0.6) is 0 Å². The molecule has 0 fully saturated rings. The second-order valence-electron chi connectivity index (χ2n) is 11.4. The Hall–Kier alpha value is -3.65. The smallest absolute Gasteiger partial charge is 0.359 e. The summed E-state index contributed by atoms with van der Waals surface area (Å²) in [5, 5.41) is 6.73. The van der Waals surface area contributed by atoms with Crippen LogP contribution in [0, 0.1) is 0 Å². The molecule has 1 unspecified atom stereocenters. The number of benzene rings is 1. The van der Waals surface area contributed by atoms with Crippen LogP contribution in [-0.2, 0) is 17.6 Å². The van der Waals surface area contributed by atoms with E-state index in [1.54, 1.807) is 4.57 Å². The maximum absolute atomic E-state index is 13.7. The number of carbonyl (C=O) groups excluding carboxylic acids is 2. The van der Waals surface area contributed by atoms with Crippen molar-refractivity contribution in [3.05, 3.63) is 99.7 Å². The summed E-state index contributed by atoms with van der Waals surface area (Å²) in [6.45, 7) is 1.21. The lowest BCUT2D eigenvalue weighted by Gasteiger charge is -2.18. The van der Waals surface area contributed by atoms with Crippen LogP contribution in [0.2, 0.25) is 0 Å². The largest absolute Gasteiger partial charge is 0.496 e. The molecule has 1 aliphatic heterocycles. The minimum atomic E-state index is -0.481. The number of unbranched alkanes of at least 4 members (excludes halogenated alkanes) is 3.